The molecule has 0 spiro atoms. The molecule has 0 unspecified atom stereocenters. The Kier molecular flexibility index (Phi) is 3.85. The van der Waals surface area contributed by atoms with E-state index in [2.05, 4.69) is 12.1 Å². The molecule has 0 amide bonds. The lowest BCUT2D eigenvalue weighted by atomic mass is 9.79. The number of hydrogen-bond acceptors (Lipinski definition) is 4. The van der Waals surface area contributed by atoms with Crippen molar-refractivity contribution in [2.24, 2.45) is 5.73 Å². The van der Waals surface area contributed by atoms with Crippen LogP contribution < -0.4 is 15.2 Å². The molecule has 1 saturated carbocycles. The second-order valence-electron chi connectivity index (χ2n) is 5.83. The van der Waals surface area contributed by atoms with Gasteiger partial charge < -0.3 is 19.9 Å². The third-order valence-corrected chi connectivity index (χ3v) is 4.63. The third kappa shape index (κ3) is 2.38. The van der Waals surface area contributed by atoms with Gasteiger partial charge in [0.15, 0.2) is 11.5 Å². The molecule has 0 aromatic heterocycles. The van der Waals surface area contributed by atoms with E-state index in [4.69, 9.17) is 19.9 Å². The van der Waals surface area contributed by atoms with E-state index in [0.29, 0.717) is 19.8 Å². The Morgan fingerprint density at radius 2 is 2.00 bits per heavy atom. The minimum Gasteiger partial charge on any atom is -0.493 e. The molecule has 2 fully saturated rings. The Morgan fingerprint density at radius 3 is 2.55 bits per heavy atom. The summed E-state index contributed by atoms with van der Waals surface area (Å²) < 4.78 is 16.5. The van der Waals surface area contributed by atoms with Gasteiger partial charge in [-0.1, -0.05) is 18.9 Å². The Labute approximate surface area is 120 Å². The topological polar surface area (TPSA) is 53.7 Å². The van der Waals surface area contributed by atoms with Crippen molar-refractivity contribution in [1.29, 1.82) is 0 Å². The molecule has 20 heavy (non-hydrogen) atoms. The van der Waals surface area contributed by atoms with Crippen LogP contribution in [0.15, 0.2) is 18.2 Å². The van der Waals surface area contributed by atoms with Crippen molar-refractivity contribution in [3.05, 3.63) is 23.8 Å². The molecule has 0 atom stereocenters. The fraction of sp³-hybridized carbons (Fsp3) is 0.625. The van der Waals surface area contributed by atoms with Crippen LogP contribution in [0.5, 0.6) is 11.5 Å². The van der Waals surface area contributed by atoms with Gasteiger partial charge in [-0.15, -0.1) is 0 Å². The van der Waals surface area contributed by atoms with Gasteiger partial charge in [-0.25, -0.2) is 0 Å². The van der Waals surface area contributed by atoms with Crippen LogP contribution in [0, 0.1) is 0 Å². The van der Waals surface area contributed by atoms with E-state index in [1.807, 2.05) is 6.07 Å². The highest BCUT2D eigenvalue weighted by Gasteiger charge is 2.35. The molecule has 1 heterocycles. The second kappa shape index (κ2) is 5.62. The van der Waals surface area contributed by atoms with Gasteiger partial charge in [0, 0.05) is 12.0 Å². The molecule has 3 rings (SSSR count). The Bertz CT molecular complexity index is 465. The molecule has 110 valence electrons. The summed E-state index contributed by atoms with van der Waals surface area (Å²) in [5.41, 5.74) is 7.47. The zero-order valence-electron chi connectivity index (χ0n) is 12.1. The smallest absolute Gasteiger partial charge is 0.161 e. The molecule has 0 radical (unpaired) electrons. The van der Waals surface area contributed by atoms with Crippen molar-refractivity contribution in [3.63, 3.8) is 0 Å². The molecule has 1 aromatic rings. The van der Waals surface area contributed by atoms with Crippen molar-refractivity contribution < 1.29 is 14.2 Å². The highest BCUT2D eigenvalue weighted by atomic mass is 16.6. The maximum atomic E-state index is 6.05. The van der Waals surface area contributed by atoms with E-state index in [1.165, 1.54) is 31.2 Å². The van der Waals surface area contributed by atoms with E-state index in [-0.39, 0.29) is 11.5 Å². The fourth-order valence-electron chi connectivity index (χ4n) is 3.22. The van der Waals surface area contributed by atoms with Crippen molar-refractivity contribution in [2.75, 3.05) is 26.9 Å². The lowest BCUT2D eigenvalue weighted by molar-refractivity contribution is -0.0803. The van der Waals surface area contributed by atoms with Gasteiger partial charge in [-0.05, 0) is 30.5 Å². The first-order chi connectivity index (χ1) is 9.77. The predicted octanol–water partition coefficient (Wildman–Crippen LogP) is 2.24. The fourth-order valence-corrected chi connectivity index (χ4v) is 3.22. The summed E-state index contributed by atoms with van der Waals surface area (Å²) in [5, 5.41) is 0. The predicted molar refractivity (Wildman–Crippen MR) is 77.4 cm³/mol. The first-order valence-electron chi connectivity index (χ1n) is 7.40. The van der Waals surface area contributed by atoms with E-state index in [0.717, 1.165) is 11.5 Å². The quantitative estimate of drug-likeness (QED) is 0.897. The van der Waals surface area contributed by atoms with E-state index in [1.54, 1.807) is 7.11 Å². The number of rotatable bonds is 5. The van der Waals surface area contributed by atoms with Gasteiger partial charge in [-0.3, -0.25) is 0 Å². The molecule has 2 aliphatic rings. The molecular formula is C16H23NO3. The minimum atomic E-state index is 0.130. The van der Waals surface area contributed by atoms with Crippen LogP contribution in [0.3, 0.4) is 0 Å². The molecule has 2 N–H and O–H groups in total. The van der Waals surface area contributed by atoms with Crippen LogP contribution >= 0.6 is 0 Å². The van der Waals surface area contributed by atoms with Crippen LogP contribution in [-0.4, -0.2) is 33.0 Å². The molecule has 1 saturated heterocycles. The molecule has 4 heteroatoms. The second-order valence-corrected chi connectivity index (χ2v) is 5.83. The summed E-state index contributed by atoms with van der Waals surface area (Å²) in [6.45, 7) is 2.03. The molecule has 1 aliphatic carbocycles. The first-order valence-corrected chi connectivity index (χ1v) is 7.40. The Balaban J connectivity index is 1.85. The summed E-state index contributed by atoms with van der Waals surface area (Å²) in [7, 11) is 1.69. The van der Waals surface area contributed by atoms with E-state index in [9.17, 15) is 0 Å². The summed E-state index contributed by atoms with van der Waals surface area (Å²) in [4.78, 5) is 0. The normalized spacial score (nSPS) is 21.5. The zero-order valence-corrected chi connectivity index (χ0v) is 12.1. The number of nitrogens with two attached hydrogens (primary N) is 1. The van der Waals surface area contributed by atoms with Crippen molar-refractivity contribution >= 4 is 0 Å². The van der Waals surface area contributed by atoms with Crippen LogP contribution in [0.2, 0.25) is 0 Å². The van der Waals surface area contributed by atoms with Crippen LogP contribution in [0.4, 0.5) is 0 Å². The largest absolute Gasteiger partial charge is 0.493 e. The highest BCUT2D eigenvalue weighted by molar-refractivity contribution is 5.46. The van der Waals surface area contributed by atoms with Crippen molar-refractivity contribution in [3.8, 4) is 11.5 Å². The third-order valence-electron chi connectivity index (χ3n) is 4.63. The summed E-state index contributed by atoms with van der Waals surface area (Å²) in [6.07, 6.45) is 5.02. The van der Waals surface area contributed by atoms with Gasteiger partial charge in [0.2, 0.25) is 0 Å². The van der Waals surface area contributed by atoms with Gasteiger partial charge in [0.05, 0.1) is 20.3 Å². The number of benzene rings is 1. The maximum absolute atomic E-state index is 6.05. The molecule has 1 aromatic carbocycles. The molecule has 1 aliphatic heterocycles. The average molecular weight is 277 g/mol. The number of methoxy groups -OCH3 is 1. The maximum Gasteiger partial charge on any atom is 0.161 e. The van der Waals surface area contributed by atoms with Crippen molar-refractivity contribution in [2.45, 2.75) is 37.2 Å². The lowest BCUT2D eigenvalue weighted by Gasteiger charge is -2.30. The van der Waals surface area contributed by atoms with E-state index >= 15 is 0 Å². The zero-order chi connectivity index (χ0) is 14.0. The monoisotopic (exact) mass is 277 g/mol. The highest BCUT2D eigenvalue weighted by Crippen LogP contribution is 2.43. The lowest BCUT2D eigenvalue weighted by Crippen LogP contribution is -2.38. The first kappa shape index (κ1) is 13.7. The SMILES string of the molecule is COc1cc(C2(CN)CCCC2)ccc1OC1COC1. The van der Waals surface area contributed by atoms with Gasteiger partial charge in [0.1, 0.15) is 6.10 Å². The number of hydrogen-bond donors (Lipinski definition) is 1. The molecule has 4 nitrogen and oxygen atoms in total. The Morgan fingerprint density at radius 1 is 1.25 bits per heavy atom. The van der Waals surface area contributed by atoms with Crippen LogP contribution in [0.25, 0.3) is 0 Å². The summed E-state index contributed by atoms with van der Waals surface area (Å²) >= 11 is 0. The minimum absolute atomic E-state index is 0.130. The number of ether oxygens (including phenoxy) is 3. The average Bonchev–Trinajstić information content (AvgIpc) is 2.93. The van der Waals surface area contributed by atoms with Gasteiger partial charge >= 0.3 is 0 Å². The molecular weight excluding hydrogens is 254 g/mol. The Hall–Kier alpha value is -1.26. The molecule has 0 bridgehead atoms. The van der Waals surface area contributed by atoms with Gasteiger partial charge in [-0.2, -0.15) is 0 Å². The summed E-state index contributed by atoms with van der Waals surface area (Å²) in [5.74, 6) is 1.60. The van der Waals surface area contributed by atoms with Gasteiger partial charge in [0.25, 0.3) is 0 Å². The van der Waals surface area contributed by atoms with Crippen molar-refractivity contribution in [1.82, 2.24) is 0 Å². The van der Waals surface area contributed by atoms with E-state index < -0.39 is 0 Å². The van der Waals surface area contributed by atoms with Crippen LogP contribution in [0.1, 0.15) is 31.2 Å². The van der Waals surface area contributed by atoms with Crippen LogP contribution in [-0.2, 0) is 10.2 Å². The summed E-state index contributed by atoms with van der Waals surface area (Å²) in [6, 6.07) is 6.27. The standard InChI is InChI=1S/C16H23NO3/c1-18-15-8-12(16(11-17)6-2-3-7-16)4-5-14(15)20-13-9-19-10-13/h4-5,8,13H,2-3,6-7,9-11,17H2,1H3.